The molecule has 130 valence electrons. The number of nitro benzene ring substituents is 1. The van der Waals surface area contributed by atoms with Gasteiger partial charge in [0.05, 0.1) is 23.5 Å². The third-order valence-corrected chi connectivity index (χ3v) is 4.92. The Kier molecular flexibility index (Phi) is 4.68. The number of anilines is 1. The number of carboxylic acids is 1. The zero-order valence-corrected chi connectivity index (χ0v) is 13.6. The zero-order chi connectivity index (χ0) is 17.3. The topological polar surface area (TPSA) is 96.1 Å². The number of methoxy groups -OCH3 is 1. The first kappa shape index (κ1) is 16.7. The molecule has 24 heavy (non-hydrogen) atoms. The van der Waals surface area contributed by atoms with Gasteiger partial charge in [-0.3, -0.25) is 19.8 Å². The number of aliphatic carboxylic acids is 1. The molecular formula is C16H21N3O5. The van der Waals surface area contributed by atoms with Crippen molar-refractivity contribution in [1.82, 2.24) is 4.90 Å². The Balaban J connectivity index is 1.89. The molecule has 2 aliphatic rings. The van der Waals surface area contributed by atoms with Crippen molar-refractivity contribution in [2.45, 2.75) is 12.5 Å². The van der Waals surface area contributed by atoms with Crippen molar-refractivity contribution in [2.24, 2.45) is 5.92 Å². The monoisotopic (exact) mass is 335 g/mol. The number of carboxylic acid groups (broad SMARTS) is 1. The van der Waals surface area contributed by atoms with Gasteiger partial charge in [0.2, 0.25) is 0 Å². The molecule has 2 atom stereocenters. The van der Waals surface area contributed by atoms with E-state index >= 15 is 0 Å². The van der Waals surface area contributed by atoms with E-state index in [0.29, 0.717) is 26.1 Å². The Morgan fingerprint density at radius 3 is 2.92 bits per heavy atom. The second-order valence-corrected chi connectivity index (χ2v) is 6.27. The van der Waals surface area contributed by atoms with Crippen molar-refractivity contribution >= 4 is 17.3 Å². The molecule has 1 saturated heterocycles. The number of hydrogen-bond donors (Lipinski definition) is 1. The highest BCUT2D eigenvalue weighted by atomic mass is 16.6. The van der Waals surface area contributed by atoms with Crippen LogP contribution < -0.4 is 4.90 Å². The van der Waals surface area contributed by atoms with E-state index < -0.39 is 16.8 Å². The van der Waals surface area contributed by atoms with E-state index in [4.69, 9.17) is 4.74 Å². The van der Waals surface area contributed by atoms with Gasteiger partial charge in [-0.25, -0.2) is 0 Å². The predicted octanol–water partition coefficient (Wildman–Crippen LogP) is 0.989. The first-order chi connectivity index (χ1) is 11.5. The molecule has 1 fully saturated rings. The smallest absolute Gasteiger partial charge is 0.308 e. The van der Waals surface area contributed by atoms with Crippen molar-refractivity contribution < 1.29 is 19.6 Å². The number of ether oxygens (including phenoxy) is 1. The van der Waals surface area contributed by atoms with Crippen molar-refractivity contribution in [3.05, 3.63) is 33.9 Å². The summed E-state index contributed by atoms with van der Waals surface area (Å²) in [6.07, 6.45) is 0.325. The van der Waals surface area contributed by atoms with Gasteiger partial charge < -0.3 is 14.7 Å². The maximum Gasteiger partial charge on any atom is 0.308 e. The van der Waals surface area contributed by atoms with Gasteiger partial charge in [0.1, 0.15) is 0 Å². The lowest BCUT2D eigenvalue weighted by atomic mass is 9.84. The number of carbonyl (C=O) groups is 1. The van der Waals surface area contributed by atoms with Gasteiger partial charge in [0.15, 0.2) is 0 Å². The Morgan fingerprint density at radius 1 is 1.46 bits per heavy atom. The van der Waals surface area contributed by atoms with Gasteiger partial charge in [0.25, 0.3) is 5.69 Å². The molecule has 0 spiro atoms. The molecular weight excluding hydrogens is 314 g/mol. The lowest BCUT2D eigenvalue weighted by molar-refractivity contribution is -0.384. The lowest BCUT2D eigenvalue weighted by Crippen LogP contribution is -2.60. The Labute approximate surface area is 139 Å². The minimum absolute atomic E-state index is 0.00932. The number of hydrogen-bond acceptors (Lipinski definition) is 6. The summed E-state index contributed by atoms with van der Waals surface area (Å²) in [4.78, 5) is 26.6. The van der Waals surface area contributed by atoms with Crippen LogP contribution in [0.15, 0.2) is 18.2 Å². The number of piperazine rings is 1. The van der Waals surface area contributed by atoms with E-state index in [2.05, 4.69) is 9.80 Å². The predicted molar refractivity (Wildman–Crippen MR) is 87.4 cm³/mol. The average Bonchev–Trinajstić information content (AvgIpc) is 2.58. The first-order valence-corrected chi connectivity index (χ1v) is 7.99. The van der Waals surface area contributed by atoms with E-state index in [1.54, 1.807) is 13.2 Å². The molecule has 3 rings (SSSR count). The number of nitro groups is 1. The standard InChI is InChI=1S/C16H21N3O5/c1-24-7-6-17-4-5-18-14-3-2-12(19(22)23)8-11(14)9-13(16(20)21)15(18)10-17/h2-3,8,13,15H,4-7,9-10H2,1H3,(H,20,21). The molecule has 8 heteroatoms. The van der Waals surface area contributed by atoms with Crippen LogP contribution in [0, 0.1) is 16.0 Å². The maximum atomic E-state index is 11.8. The highest BCUT2D eigenvalue weighted by molar-refractivity contribution is 5.75. The molecule has 0 aliphatic carbocycles. The Hall–Kier alpha value is -2.19. The number of fused-ring (bicyclic) bond motifs is 3. The van der Waals surface area contributed by atoms with Gasteiger partial charge in [-0.2, -0.15) is 0 Å². The number of non-ortho nitro benzene ring substituents is 1. The fraction of sp³-hybridized carbons (Fsp3) is 0.562. The van der Waals surface area contributed by atoms with Crippen LogP contribution in [-0.4, -0.2) is 66.8 Å². The third-order valence-electron chi connectivity index (χ3n) is 4.92. The van der Waals surface area contributed by atoms with Crippen LogP contribution in [0.25, 0.3) is 0 Å². The summed E-state index contributed by atoms with van der Waals surface area (Å²) in [6, 6.07) is 4.64. The Morgan fingerprint density at radius 2 is 2.25 bits per heavy atom. The van der Waals surface area contributed by atoms with Crippen molar-refractivity contribution in [1.29, 1.82) is 0 Å². The van der Waals surface area contributed by atoms with Gasteiger partial charge in [-0.05, 0) is 18.1 Å². The van der Waals surface area contributed by atoms with E-state index in [1.165, 1.54) is 12.1 Å². The van der Waals surface area contributed by atoms with Crippen LogP contribution in [0.5, 0.6) is 0 Å². The van der Waals surface area contributed by atoms with Crippen LogP contribution in [0.2, 0.25) is 0 Å². The van der Waals surface area contributed by atoms with E-state index in [9.17, 15) is 20.0 Å². The molecule has 2 aliphatic heterocycles. The van der Waals surface area contributed by atoms with Crippen LogP contribution >= 0.6 is 0 Å². The molecule has 1 aromatic rings. The molecule has 8 nitrogen and oxygen atoms in total. The minimum Gasteiger partial charge on any atom is -0.481 e. The maximum absolute atomic E-state index is 11.8. The summed E-state index contributed by atoms with van der Waals surface area (Å²) < 4.78 is 5.11. The molecule has 1 aromatic carbocycles. The second kappa shape index (κ2) is 6.74. The largest absolute Gasteiger partial charge is 0.481 e. The van der Waals surface area contributed by atoms with Crippen LogP contribution in [0.1, 0.15) is 5.56 Å². The highest BCUT2D eigenvalue weighted by Crippen LogP contribution is 2.37. The zero-order valence-electron chi connectivity index (χ0n) is 13.6. The third kappa shape index (κ3) is 3.07. The van der Waals surface area contributed by atoms with Gasteiger partial charge in [-0.1, -0.05) is 0 Å². The molecule has 0 bridgehead atoms. The van der Waals surface area contributed by atoms with Crippen LogP contribution in [0.4, 0.5) is 11.4 Å². The van der Waals surface area contributed by atoms with Gasteiger partial charge >= 0.3 is 5.97 Å². The molecule has 0 amide bonds. The lowest BCUT2D eigenvalue weighted by Gasteiger charge is -2.48. The van der Waals surface area contributed by atoms with Gasteiger partial charge in [0, 0.05) is 51.1 Å². The fourth-order valence-corrected chi connectivity index (χ4v) is 3.69. The SMILES string of the molecule is COCCN1CCN2c3ccc([N+](=O)[O-])cc3CC(C(=O)O)C2C1. The molecule has 0 radical (unpaired) electrons. The number of nitrogens with zero attached hydrogens (tertiary/aromatic N) is 3. The normalized spacial score (nSPS) is 23.5. The molecule has 1 N–H and O–H groups in total. The highest BCUT2D eigenvalue weighted by Gasteiger charge is 2.41. The summed E-state index contributed by atoms with van der Waals surface area (Å²) in [7, 11) is 1.65. The van der Waals surface area contributed by atoms with Crippen molar-refractivity contribution in [2.75, 3.05) is 44.8 Å². The summed E-state index contributed by atoms with van der Waals surface area (Å²) >= 11 is 0. The van der Waals surface area contributed by atoms with E-state index in [-0.39, 0.29) is 11.7 Å². The van der Waals surface area contributed by atoms with Crippen LogP contribution in [0.3, 0.4) is 0 Å². The molecule has 2 unspecified atom stereocenters. The minimum atomic E-state index is -0.851. The first-order valence-electron chi connectivity index (χ1n) is 7.99. The summed E-state index contributed by atoms with van der Waals surface area (Å²) in [5, 5.41) is 20.6. The summed E-state index contributed by atoms with van der Waals surface area (Å²) in [5.74, 6) is -1.42. The van der Waals surface area contributed by atoms with Gasteiger partial charge in [-0.15, -0.1) is 0 Å². The van der Waals surface area contributed by atoms with E-state index in [0.717, 1.165) is 24.3 Å². The van der Waals surface area contributed by atoms with Crippen molar-refractivity contribution in [3.8, 4) is 0 Å². The summed E-state index contributed by atoms with van der Waals surface area (Å²) in [5.41, 5.74) is 1.68. The average molecular weight is 335 g/mol. The fourth-order valence-electron chi connectivity index (χ4n) is 3.69. The molecule has 0 aromatic heterocycles. The summed E-state index contributed by atoms with van der Waals surface area (Å²) in [6.45, 7) is 3.59. The van der Waals surface area contributed by atoms with E-state index in [1.807, 2.05) is 0 Å². The number of benzene rings is 1. The second-order valence-electron chi connectivity index (χ2n) is 6.27. The molecule has 2 heterocycles. The van der Waals surface area contributed by atoms with Crippen molar-refractivity contribution in [3.63, 3.8) is 0 Å². The number of rotatable bonds is 5. The Bertz CT molecular complexity index is 651. The van der Waals surface area contributed by atoms with Crippen LogP contribution in [-0.2, 0) is 16.0 Å². The quantitative estimate of drug-likeness (QED) is 0.633. The molecule has 0 saturated carbocycles.